The molecule has 1 fully saturated rings. The Morgan fingerprint density at radius 3 is 2.69 bits per heavy atom. The van der Waals surface area contributed by atoms with Gasteiger partial charge in [-0.15, -0.1) is 0 Å². The van der Waals surface area contributed by atoms with E-state index in [-0.39, 0.29) is 58.5 Å². The number of likely N-dealkylation sites (tertiary alicyclic amines) is 1. The highest BCUT2D eigenvalue weighted by Crippen LogP contribution is 2.44. The normalized spacial score (nSPS) is 18.3. The second-order valence-corrected chi connectivity index (χ2v) is 8.95. The first-order valence-corrected chi connectivity index (χ1v) is 11.3. The highest BCUT2D eigenvalue weighted by atomic mass is 35.5. The van der Waals surface area contributed by atoms with Gasteiger partial charge in [0.2, 0.25) is 5.91 Å². The molecular weight excluding hydrogens is 511 g/mol. The van der Waals surface area contributed by atoms with Gasteiger partial charge in [0.15, 0.2) is 5.69 Å². The zero-order chi connectivity index (χ0) is 25.5. The highest BCUT2D eigenvalue weighted by molar-refractivity contribution is 6.42. The molecule has 0 aliphatic carbocycles. The van der Waals surface area contributed by atoms with Crippen LogP contribution < -0.4 is 5.32 Å². The fraction of sp³-hybridized carbons (Fsp3) is 0.304. The molecule has 1 aromatic heterocycles. The minimum atomic E-state index is -4.69. The molecule has 0 spiro atoms. The summed E-state index contributed by atoms with van der Waals surface area (Å²) >= 11 is 12.6. The van der Waals surface area contributed by atoms with Gasteiger partial charge >= 0.3 is 6.18 Å². The third-order valence-electron chi connectivity index (χ3n) is 5.99. The fourth-order valence-corrected chi connectivity index (χ4v) is 4.96. The van der Waals surface area contributed by atoms with Crippen molar-refractivity contribution in [1.82, 2.24) is 14.7 Å². The first-order chi connectivity index (χ1) is 16.5. The number of nitrogens with one attached hydrogen (secondary N) is 1. The van der Waals surface area contributed by atoms with Gasteiger partial charge in [-0.1, -0.05) is 29.8 Å². The number of fused-ring (bicyclic) bond motifs is 1. The van der Waals surface area contributed by atoms with Crippen LogP contribution in [0.3, 0.4) is 0 Å². The number of hydrogen-bond donors (Lipinski definition) is 2. The van der Waals surface area contributed by atoms with Gasteiger partial charge in [0, 0.05) is 29.7 Å². The maximum atomic E-state index is 15.1. The zero-order valence-corrected chi connectivity index (χ0v) is 19.7. The summed E-state index contributed by atoms with van der Waals surface area (Å²) in [6.07, 6.45) is -3.31. The Morgan fingerprint density at radius 1 is 1.29 bits per heavy atom. The lowest BCUT2D eigenvalue weighted by atomic mass is 9.87. The van der Waals surface area contributed by atoms with E-state index >= 15 is 4.39 Å². The van der Waals surface area contributed by atoms with E-state index in [2.05, 4.69) is 17.0 Å². The fourth-order valence-electron chi connectivity index (χ4n) is 4.46. The molecule has 0 saturated carbocycles. The molecule has 1 saturated heterocycles. The largest absolute Gasteiger partial charge is 0.435 e. The molecule has 0 bridgehead atoms. The molecule has 1 atom stereocenters. The molecule has 12 heteroatoms. The average Bonchev–Trinajstić information content (AvgIpc) is 3.39. The molecule has 1 aliphatic heterocycles. The smallest absolute Gasteiger partial charge is 0.394 e. The third kappa shape index (κ3) is 4.57. The van der Waals surface area contributed by atoms with Crippen LogP contribution in [0.1, 0.15) is 17.7 Å². The first kappa shape index (κ1) is 25.3. The molecule has 2 N–H and O–H groups in total. The summed E-state index contributed by atoms with van der Waals surface area (Å²) in [5, 5.41) is 16.1. The van der Waals surface area contributed by atoms with Gasteiger partial charge < -0.3 is 15.3 Å². The van der Waals surface area contributed by atoms with E-state index in [1.165, 1.54) is 35.2 Å². The molecular formula is C23H20Cl2F4N4O2. The first-order valence-electron chi connectivity index (χ1n) is 10.5. The molecule has 186 valence electrons. The molecule has 1 aliphatic rings. The lowest BCUT2D eigenvalue weighted by Gasteiger charge is -2.33. The number of halogens is 6. The molecule has 1 amide bonds. The van der Waals surface area contributed by atoms with Gasteiger partial charge in [-0.3, -0.25) is 9.48 Å². The van der Waals surface area contributed by atoms with E-state index in [9.17, 15) is 23.1 Å². The summed E-state index contributed by atoms with van der Waals surface area (Å²) in [6, 6.07) is 6.59. The zero-order valence-electron chi connectivity index (χ0n) is 18.2. The Bertz CT molecular complexity index is 1310. The number of carbonyl (C=O) groups is 1. The summed E-state index contributed by atoms with van der Waals surface area (Å²) in [4.78, 5) is 13.8. The van der Waals surface area contributed by atoms with Gasteiger partial charge in [0.25, 0.3) is 0 Å². The average molecular weight is 531 g/mol. The minimum Gasteiger partial charge on any atom is -0.394 e. The molecule has 35 heavy (non-hydrogen) atoms. The van der Waals surface area contributed by atoms with E-state index in [4.69, 9.17) is 23.2 Å². The summed E-state index contributed by atoms with van der Waals surface area (Å²) in [5.74, 6) is -1.01. The topological polar surface area (TPSA) is 70.4 Å². The number of aliphatic hydroxyl groups excluding tert-OH is 1. The molecule has 2 heterocycles. The van der Waals surface area contributed by atoms with Gasteiger partial charge in [0.1, 0.15) is 5.82 Å². The van der Waals surface area contributed by atoms with Crippen molar-refractivity contribution in [3.63, 3.8) is 0 Å². The molecule has 6 nitrogen and oxygen atoms in total. The molecule has 4 rings (SSSR count). The number of anilines is 1. The van der Waals surface area contributed by atoms with Crippen LogP contribution in [-0.2, 0) is 23.1 Å². The Labute approximate surface area is 207 Å². The predicted molar refractivity (Wildman–Crippen MR) is 125 cm³/mol. The summed E-state index contributed by atoms with van der Waals surface area (Å²) in [7, 11) is 0. The van der Waals surface area contributed by atoms with E-state index in [1.54, 1.807) is 0 Å². The van der Waals surface area contributed by atoms with E-state index in [0.29, 0.717) is 5.69 Å². The number of benzene rings is 2. The van der Waals surface area contributed by atoms with E-state index in [0.717, 1.165) is 10.8 Å². The summed E-state index contributed by atoms with van der Waals surface area (Å²) in [5.41, 5.74) is -1.79. The number of hydrogen-bond acceptors (Lipinski definition) is 4. The lowest BCUT2D eigenvalue weighted by Crippen LogP contribution is -2.41. The van der Waals surface area contributed by atoms with Crippen LogP contribution in [0.5, 0.6) is 0 Å². The van der Waals surface area contributed by atoms with Crippen molar-refractivity contribution in [2.75, 3.05) is 25.0 Å². The van der Waals surface area contributed by atoms with Crippen molar-refractivity contribution in [2.24, 2.45) is 0 Å². The minimum absolute atomic E-state index is 0.0105. The SMILES string of the molecule is C=CC(=O)N1CC[C@@](Nc2ccc3c(C(F)(F)F)nn(CCO)c3c2)(c2c(F)ccc(Cl)c2Cl)C1. The van der Waals surface area contributed by atoms with Crippen LogP contribution in [-0.4, -0.2) is 45.4 Å². The molecule has 0 unspecified atom stereocenters. The van der Waals surface area contributed by atoms with Crippen LogP contribution in [0, 0.1) is 5.82 Å². The number of alkyl halides is 3. The van der Waals surface area contributed by atoms with Crippen LogP contribution in [0.2, 0.25) is 10.0 Å². The number of nitrogens with zero attached hydrogens (tertiary/aromatic N) is 3. The Balaban J connectivity index is 1.84. The lowest BCUT2D eigenvalue weighted by molar-refractivity contribution is -0.140. The number of rotatable bonds is 6. The van der Waals surface area contributed by atoms with Gasteiger partial charge in [-0.2, -0.15) is 18.3 Å². The predicted octanol–water partition coefficient (Wildman–Crippen LogP) is 5.22. The standard InChI is InChI=1S/C23H20Cl2F4N4O2/c1-2-18(35)32-8-7-22(12-32,19-16(26)6-5-15(24)20(19)25)30-13-3-4-14-17(11-13)33(9-10-34)31-21(14)23(27,28)29/h2-6,11,30,34H,1,7-10,12H2/t22-/m0/s1. The number of aromatic nitrogens is 2. The van der Waals surface area contributed by atoms with Crippen molar-refractivity contribution < 1.29 is 27.5 Å². The maximum Gasteiger partial charge on any atom is 0.435 e. The van der Waals surface area contributed by atoms with Crippen molar-refractivity contribution >= 4 is 45.7 Å². The third-order valence-corrected chi connectivity index (χ3v) is 6.80. The molecule has 3 aromatic rings. The van der Waals surface area contributed by atoms with Gasteiger partial charge in [0.05, 0.1) is 34.3 Å². The van der Waals surface area contributed by atoms with Crippen molar-refractivity contribution in [1.29, 1.82) is 0 Å². The monoisotopic (exact) mass is 530 g/mol. The molecule has 2 aromatic carbocycles. The van der Waals surface area contributed by atoms with Crippen molar-refractivity contribution in [2.45, 2.75) is 24.7 Å². The van der Waals surface area contributed by atoms with Crippen molar-refractivity contribution in [3.05, 3.63) is 70.1 Å². The van der Waals surface area contributed by atoms with Gasteiger partial charge in [-0.25, -0.2) is 4.39 Å². The number of carbonyl (C=O) groups excluding carboxylic acids is 1. The van der Waals surface area contributed by atoms with E-state index in [1.807, 2.05) is 0 Å². The molecule has 0 radical (unpaired) electrons. The Morgan fingerprint density at radius 2 is 2.03 bits per heavy atom. The summed E-state index contributed by atoms with van der Waals surface area (Å²) < 4.78 is 56.7. The number of amides is 1. The van der Waals surface area contributed by atoms with Crippen LogP contribution in [0.15, 0.2) is 43.0 Å². The maximum absolute atomic E-state index is 15.1. The Hall–Kier alpha value is -2.82. The quantitative estimate of drug-likeness (QED) is 0.260. The van der Waals surface area contributed by atoms with Crippen LogP contribution >= 0.6 is 23.2 Å². The van der Waals surface area contributed by atoms with Crippen molar-refractivity contribution in [3.8, 4) is 0 Å². The second kappa shape index (κ2) is 9.33. The van der Waals surface area contributed by atoms with E-state index < -0.39 is 29.8 Å². The van der Waals surface area contributed by atoms with Gasteiger partial charge in [-0.05, 0) is 42.8 Å². The number of aliphatic hydroxyl groups is 1. The van der Waals surface area contributed by atoms with Crippen LogP contribution in [0.25, 0.3) is 10.9 Å². The Kier molecular flexibility index (Phi) is 6.74. The second-order valence-electron chi connectivity index (χ2n) is 8.16. The summed E-state index contributed by atoms with van der Waals surface area (Å²) in [6.45, 7) is 3.18. The highest BCUT2D eigenvalue weighted by Gasteiger charge is 2.45. The van der Waals surface area contributed by atoms with Crippen LogP contribution in [0.4, 0.5) is 23.2 Å².